The average molecular weight is 513 g/mol. The Morgan fingerprint density at radius 1 is 1.08 bits per heavy atom. The molecule has 2 aromatic carbocycles. The molecule has 3 heterocycles. The molecule has 0 atom stereocenters. The number of benzene rings is 2. The number of halogens is 3. The zero-order chi connectivity index (χ0) is 26.2. The van der Waals surface area contributed by atoms with Gasteiger partial charge < -0.3 is 23.9 Å². The molecule has 0 bridgehead atoms. The third kappa shape index (κ3) is 5.25. The van der Waals surface area contributed by atoms with Gasteiger partial charge in [0.1, 0.15) is 18.1 Å². The van der Waals surface area contributed by atoms with E-state index in [1.54, 1.807) is 48.9 Å². The fourth-order valence-corrected chi connectivity index (χ4v) is 3.92. The van der Waals surface area contributed by atoms with Crippen LogP contribution in [0.25, 0.3) is 0 Å². The van der Waals surface area contributed by atoms with Crippen LogP contribution in [-0.2, 0) is 19.3 Å². The van der Waals surface area contributed by atoms with Crippen molar-refractivity contribution in [3.05, 3.63) is 88.6 Å². The van der Waals surface area contributed by atoms with Gasteiger partial charge in [-0.2, -0.15) is 18.3 Å². The molecule has 1 aliphatic heterocycles. The first kappa shape index (κ1) is 24.3. The zero-order valence-electron chi connectivity index (χ0n) is 19.9. The number of hydrogen-bond donors (Lipinski definition) is 1. The Bertz CT molecular complexity index is 1460. The van der Waals surface area contributed by atoms with Crippen LogP contribution in [0.3, 0.4) is 0 Å². The highest BCUT2D eigenvalue weighted by Gasteiger charge is 2.30. The number of furan rings is 1. The minimum Gasteiger partial charge on any atom is -0.486 e. The largest absolute Gasteiger partial charge is 0.486 e. The van der Waals surface area contributed by atoms with Crippen LogP contribution in [0.4, 0.5) is 18.9 Å². The van der Waals surface area contributed by atoms with E-state index >= 15 is 0 Å². The van der Waals surface area contributed by atoms with Crippen molar-refractivity contribution in [2.75, 3.05) is 12.1 Å². The number of ether oxygens (including phenoxy) is 3. The summed E-state index contributed by atoms with van der Waals surface area (Å²) in [6.07, 6.45) is -4.43. The smallest absolute Gasteiger partial charge is 0.416 e. The van der Waals surface area contributed by atoms with Gasteiger partial charge in [-0.25, -0.2) is 0 Å². The number of aromatic nitrogens is 2. The van der Waals surface area contributed by atoms with E-state index in [1.807, 2.05) is 0 Å². The van der Waals surface area contributed by atoms with Crippen molar-refractivity contribution in [2.45, 2.75) is 33.2 Å². The lowest BCUT2D eigenvalue weighted by molar-refractivity contribution is -0.137. The Labute approximate surface area is 209 Å². The lowest BCUT2D eigenvalue weighted by atomic mass is 10.1. The molecule has 192 valence electrons. The second-order valence-electron chi connectivity index (χ2n) is 8.43. The zero-order valence-corrected chi connectivity index (χ0v) is 19.9. The molecule has 0 saturated heterocycles. The molecule has 11 heteroatoms. The summed E-state index contributed by atoms with van der Waals surface area (Å²) in [6, 6.07) is 13.4. The van der Waals surface area contributed by atoms with Gasteiger partial charge >= 0.3 is 6.18 Å². The first-order chi connectivity index (χ1) is 17.7. The molecule has 1 amide bonds. The highest BCUT2D eigenvalue weighted by Crippen LogP contribution is 2.35. The van der Waals surface area contributed by atoms with E-state index < -0.39 is 17.6 Å². The Morgan fingerprint density at radius 2 is 1.89 bits per heavy atom. The number of rotatable bonds is 7. The third-order valence-electron chi connectivity index (χ3n) is 5.82. The molecule has 0 radical (unpaired) electrons. The Balaban J connectivity index is 1.23. The summed E-state index contributed by atoms with van der Waals surface area (Å²) in [5.41, 5.74) is 1.30. The van der Waals surface area contributed by atoms with Crippen LogP contribution in [0.15, 0.2) is 59.0 Å². The highest BCUT2D eigenvalue weighted by molar-refractivity contribution is 6.02. The number of amides is 1. The second kappa shape index (κ2) is 9.57. The van der Waals surface area contributed by atoms with E-state index in [-0.39, 0.29) is 25.7 Å². The molecule has 0 saturated carbocycles. The molecule has 4 aromatic rings. The van der Waals surface area contributed by atoms with Gasteiger partial charge in [-0.05, 0) is 55.8 Å². The van der Waals surface area contributed by atoms with Crippen LogP contribution in [0, 0.1) is 13.8 Å². The second-order valence-corrected chi connectivity index (χ2v) is 8.43. The molecular formula is C26H22F3N3O5. The summed E-state index contributed by atoms with van der Waals surface area (Å²) in [5, 5.41) is 7.17. The monoisotopic (exact) mass is 513 g/mol. The number of fused-ring (bicyclic) bond motifs is 1. The minimum atomic E-state index is -4.43. The summed E-state index contributed by atoms with van der Waals surface area (Å²) in [6.45, 7) is 3.82. The summed E-state index contributed by atoms with van der Waals surface area (Å²) < 4.78 is 62.6. The van der Waals surface area contributed by atoms with Crippen molar-refractivity contribution in [3.63, 3.8) is 0 Å². The topological polar surface area (TPSA) is 87.8 Å². The molecular weight excluding hydrogens is 491 g/mol. The molecule has 0 fully saturated rings. The quantitative estimate of drug-likeness (QED) is 0.340. The van der Waals surface area contributed by atoms with Crippen molar-refractivity contribution in [1.82, 2.24) is 9.78 Å². The number of alkyl halides is 3. The molecule has 1 aliphatic rings. The molecule has 0 unspecified atom stereocenters. The van der Waals surface area contributed by atoms with Crippen LogP contribution in [0.5, 0.6) is 17.2 Å². The molecule has 0 aliphatic carbocycles. The Kier molecular flexibility index (Phi) is 6.28. The van der Waals surface area contributed by atoms with E-state index in [9.17, 15) is 18.0 Å². The van der Waals surface area contributed by atoms with Crippen molar-refractivity contribution in [3.8, 4) is 17.2 Å². The van der Waals surface area contributed by atoms with E-state index in [2.05, 4.69) is 10.4 Å². The van der Waals surface area contributed by atoms with Crippen LogP contribution in [0.2, 0.25) is 0 Å². The van der Waals surface area contributed by atoms with Gasteiger partial charge in [-0.1, -0.05) is 12.1 Å². The van der Waals surface area contributed by atoms with Crippen molar-refractivity contribution in [2.24, 2.45) is 0 Å². The van der Waals surface area contributed by atoms with Gasteiger partial charge in [0.05, 0.1) is 29.2 Å². The number of aryl methyl sites for hydroxylation is 1. The van der Waals surface area contributed by atoms with Gasteiger partial charge in [0, 0.05) is 6.07 Å². The maximum Gasteiger partial charge on any atom is 0.416 e. The number of anilines is 1. The number of carbonyl (C=O) groups excluding carboxylic acids is 1. The summed E-state index contributed by atoms with van der Waals surface area (Å²) in [4.78, 5) is 12.8. The lowest BCUT2D eigenvalue weighted by Crippen LogP contribution is -2.13. The number of nitrogens with one attached hydrogen (secondary N) is 1. The summed E-state index contributed by atoms with van der Waals surface area (Å²) >= 11 is 0. The molecule has 37 heavy (non-hydrogen) atoms. The van der Waals surface area contributed by atoms with Crippen molar-refractivity contribution < 1.29 is 36.6 Å². The third-order valence-corrected chi connectivity index (χ3v) is 5.82. The number of carbonyl (C=O) groups is 1. The Morgan fingerprint density at radius 3 is 2.70 bits per heavy atom. The minimum absolute atomic E-state index is 0.0775. The fraction of sp³-hybridized carbons (Fsp3) is 0.231. The van der Waals surface area contributed by atoms with Crippen molar-refractivity contribution >= 4 is 11.6 Å². The van der Waals surface area contributed by atoms with E-state index in [0.717, 1.165) is 12.1 Å². The standard InChI is InChI=1S/C26H22F3N3O5/c1-15-24(16(2)32(31-15)12-17-4-3-5-18(10-17)26(27,28)29)30-25(33)22-9-7-20(37-22)13-34-19-6-8-21-23(11-19)36-14-35-21/h3-11H,12-14H2,1-2H3,(H,30,33). The summed E-state index contributed by atoms with van der Waals surface area (Å²) in [5.74, 6) is 1.83. The first-order valence-corrected chi connectivity index (χ1v) is 11.3. The SMILES string of the molecule is Cc1nn(Cc2cccc(C(F)(F)F)c2)c(C)c1NC(=O)c1ccc(COc2ccc3c(c2)OCO3)o1. The van der Waals surface area contributed by atoms with Gasteiger partial charge in [0.15, 0.2) is 17.3 Å². The predicted octanol–water partition coefficient (Wildman–Crippen LogP) is 5.72. The normalized spacial score (nSPS) is 12.6. The van der Waals surface area contributed by atoms with Crippen LogP contribution in [0.1, 0.15) is 38.8 Å². The van der Waals surface area contributed by atoms with Crippen LogP contribution < -0.4 is 19.5 Å². The Hall–Kier alpha value is -4.41. The van der Waals surface area contributed by atoms with Crippen LogP contribution >= 0.6 is 0 Å². The lowest BCUT2D eigenvalue weighted by Gasteiger charge is -2.10. The molecule has 5 rings (SSSR count). The molecule has 0 spiro atoms. The molecule has 8 nitrogen and oxygen atoms in total. The molecule has 2 aromatic heterocycles. The van der Waals surface area contributed by atoms with Gasteiger partial charge in [0.2, 0.25) is 6.79 Å². The van der Waals surface area contributed by atoms with Gasteiger partial charge in [0.25, 0.3) is 5.91 Å². The van der Waals surface area contributed by atoms with Crippen molar-refractivity contribution in [1.29, 1.82) is 0 Å². The predicted molar refractivity (Wildman–Crippen MR) is 126 cm³/mol. The van der Waals surface area contributed by atoms with E-state index in [4.69, 9.17) is 18.6 Å². The maximum atomic E-state index is 13.0. The fourth-order valence-electron chi connectivity index (χ4n) is 3.92. The number of nitrogens with zero attached hydrogens (tertiary/aromatic N) is 2. The van der Waals surface area contributed by atoms with Gasteiger partial charge in [-0.3, -0.25) is 9.48 Å². The highest BCUT2D eigenvalue weighted by atomic mass is 19.4. The maximum absolute atomic E-state index is 13.0. The first-order valence-electron chi connectivity index (χ1n) is 11.3. The molecule has 1 N–H and O–H groups in total. The average Bonchev–Trinajstić information content (AvgIpc) is 3.59. The van der Waals surface area contributed by atoms with E-state index in [0.29, 0.717) is 45.6 Å². The van der Waals surface area contributed by atoms with E-state index in [1.165, 1.54) is 12.1 Å². The summed E-state index contributed by atoms with van der Waals surface area (Å²) in [7, 11) is 0. The van der Waals surface area contributed by atoms with Gasteiger partial charge in [-0.15, -0.1) is 0 Å². The van der Waals surface area contributed by atoms with Crippen LogP contribution in [-0.4, -0.2) is 22.5 Å². The number of hydrogen-bond acceptors (Lipinski definition) is 6.